The van der Waals surface area contributed by atoms with Crippen LogP contribution in [0.1, 0.15) is 17.5 Å². The molecule has 1 atom stereocenters. The van der Waals surface area contributed by atoms with Crippen LogP contribution in [0.5, 0.6) is 5.88 Å². The third-order valence-electron chi connectivity index (χ3n) is 6.38. The van der Waals surface area contributed by atoms with Gasteiger partial charge in [-0.05, 0) is 48.9 Å². The standard InChI is InChI=1S/C26H24ClFN4O3/c1-15-30-22-13-18(32-8-9-35-23(14-32)16-6-7-29-24(10-16)34-3)12-20(25(22)26(33)31(15)2)19-5-4-17(27)11-21(19)28/h4-7,10-13,23H,8-9,14H2,1-3H3/t23-/m1/s1. The van der Waals surface area contributed by atoms with Crippen molar-refractivity contribution in [3.05, 3.63) is 81.2 Å². The summed E-state index contributed by atoms with van der Waals surface area (Å²) >= 11 is 6.00. The lowest BCUT2D eigenvalue weighted by atomic mass is 9.99. The lowest BCUT2D eigenvalue weighted by Gasteiger charge is -2.35. The number of halogens is 2. The molecule has 2 aromatic carbocycles. The Bertz CT molecular complexity index is 1490. The first-order valence-electron chi connectivity index (χ1n) is 11.2. The summed E-state index contributed by atoms with van der Waals surface area (Å²) in [5.74, 6) is 0.596. The molecule has 35 heavy (non-hydrogen) atoms. The smallest absolute Gasteiger partial charge is 0.261 e. The average Bonchev–Trinajstić information content (AvgIpc) is 2.87. The summed E-state index contributed by atoms with van der Waals surface area (Å²) in [6.07, 6.45) is 1.49. The highest BCUT2D eigenvalue weighted by Crippen LogP contribution is 2.35. The molecule has 0 N–H and O–H groups in total. The molecule has 9 heteroatoms. The third kappa shape index (κ3) is 4.35. The third-order valence-corrected chi connectivity index (χ3v) is 6.62. The van der Waals surface area contributed by atoms with E-state index < -0.39 is 5.82 Å². The molecule has 2 aromatic heterocycles. The molecule has 4 aromatic rings. The summed E-state index contributed by atoms with van der Waals surface area (Å²) in [6, 6.07) is 12.0. The predicted octanol–water partition coefficient (Wildman–Crippen LogP) is 4.68. The molecule has 1 aliphatic rings. The van der Waals surface area contributed by atoms with E-state index in [-0.39, 0.29) is 16.7 Å². The summed E-state index contributed by atoms with van der Waals surface area (Å²) in [6.45, 7) is 3.47. The van der Waals surface area contributed by atoms with Gasteiger partial charge in [0.05, 0.1) is 24.6 Å². The van der Waals surface area contributed by atoms with Crippen molar-refractivity contribution in [2.75, 3.05) is 31.7 Å². The van der Waals surface area contributed by atoms with Crippen LogP contribution < -0.4 is 15.2 Å². The van der Waals surface area contributed by atoms with Crippen LogP contribution >= 0.6 is 11.6 Å². The minimum absolute atomic E-state index is 0.203. The van der Waals surface area contributed by atoms with Gasteiger partial charge in [-0.1, -0.05) is 11.6 Å². The van der Waals surface area contributed by atoms with Crippen LogP contribution in [-0.4, -0.2) is 41.3 Å². The number of benzene rings is 2. The Balaban J connectivity index is 1.64. The molecule has 0 radical (unpaired) electrons. The van der Waals surface area contributed by atoms with E-state index in [4.69, 9.17) is 21.1 Å². The maximum atomic E-state index is 15.0. The van der Waals surface area contributed by atoms with E-state index in [1.165, 1.54) is 10.6 Å². The summed E-state index contributed by atoms with van der Waals surface area (Å²) in [5.41, 5.74) is 2.85. The number of pyridine rings is 1. The van der Waals surface area contributed by atoms with Gasteiger partial charge in [0, 0.05) is 54.2 Å². The van der Waals surface area contributed by atoms with Crippen LogP contribution in [0.25, 0.3) is 22.0 Å². The van der Waals surface area contributed by atoms with Crippen LogP contribution in [0.4, 0.5) is 10.1 Å². The van der Waals surface area contributed by atoms with Crippen LogP contribution in [0.3, 0.4) is 0 Å². The van der Waals surface area contributed by atoms with E-state index in [1.54, 1.807) is 39.4 Å². The molecule has 0 aliphatic carbocycles. The van der Waals surface area contributed by atoms with Crippen molar-refractivity contribution in [3.63, 3.8) is 0 Å². The number of morpholine rings is 1. The molecule has 1 fully saturated rings. The second kappa shape index (κ2) is 9.28. The van der Waals surface area contributed by atoms with Gasteiger partial charge in [-0.25, -0.2) is 14.4 Å². The lowest BCUT2D eigenvalue weighted by molar-refractivity contribution is 0.0396. The van der Waals surface area contributed by atoms with E-state index in [1.807, 2.05) is 24.3 Å². The number of methoxy groups -OCH3 is 1. The first-order valence-corrected chi connectivity index (χ1v) is 11.6. The van der Waals surface area contributed by atoms with Crippen molar-refractivity contribution in [1.82, 2.24) is 14.5 Å². The van der Waals surface area contributed by atoms with E-state index >= 15 is 4.39 Å². The van der Waals surface area contributed by atoms with Gasteiger partial charge in [0.25, 0.3) is 5.56 Å². The molecule has 0 bridgehead atoms. The number of aromatic nitrogens is 3. The zero-order valence-electron chi connectivity index (χ0n) is 19.6. The van der Waals surface area contributed by atoms with Crippen molar-refractivity contribution >= 4 is 28.2 Å². The van der Waals surface area contributed by atoms with Crippen molar-refractivity contribution in [3.8, 4) is 17.0 Å². The molecule has 7 nitrogen and oxygen atoms in total. The second-order valence-corrected chi connectivity index (χ2v) is 8.91. The van der Waals surface area contributed by atoms with Gasteiger partial charge >= 0.3 is 0 Å². The second-order valence-electron chi connectivity index (χ2n) is 8.47. The molecular weight excluding hydrogens is 471 g/mol. The zero-order valence-corrected chi connectivity index (χ0v) is 20.3. The monoisotopic (exact) mass is 494 g/mol. The topological polar surface area (TPSA) is 69.5 Å². The van der Waals surface area contributed by atoms with Crippen molar-refractivity contribution in [1.29, 1.82) is 0 Å². The Morgan fingerprint density at radius 2 is 2.00 bits per heavy atom. The summed E-state index contributed by atoms with van der Waals surface area (Å²) in [4.78, 5) is 24.2. The van der Waals surface area contributed by atoms with Gasteiger partial charge in [-0.2, -0.15) is 0 Å². The van der Waals surface area contributed by atoms with Crippen molar-refractivity contribution in [2.45, 2.75) is 13.0 Å². The SMILES string of the molecule is COc1cc([C@H]2CN(c3cc(-c4ccc(Cl)cc4F)c4c(=O)n(C)c(C)nc4c3)CCO2)ccn1. The fraction of sp³-hybridized carbons (Fsp3) is 0.269. The van der Waals surface area contributed by atoms with E-state index in [0.29, 0.717) is 53.4 Å². The number of rotatable bonds is 4. The molecule has 3 heterocycles. The molecule has 1 saturated heterocycles. The van der Waals surface area contributed by atoms with E-state index in [9.17, 15) is 4.79 Å². The number of hydrogen-bond acceptors (Lipinski definition) is 6. The Hall–Kier alpha value is -3.49. The highest BCUT2D eigenvalue weighted by molar-refractivity contribution is 6.30. The molecule has 0 amide bonds. The molecule has 1 aliphatic heterocycles. The van der Waals surface area contributed by atoms with Crippen LogP contribution in [0.2, 0.25) is 5.02 Å². The van der Waals surface area contributed by atoms with Gasteiger partial charge in [0.1, 0.15) is 17.7 Å². The number of ether oxygens (including phenoxy) is 2. The highest BCUT2D eigenvalue weighted by atomic mass is 35.5. The number of nitrogens with zero attached hydrogens (tertiary/aromatic N) is 4. The molecule has 0 unspecified atom stereocenters. The predicted molar refractivity (Wildman–Crippen MR) is 134 cm³/mol. The number of hydrogen-bond donors (Lipinski definition) is 0. The quantitative estimate of drug-likeness (QED) is 0.410. The molecule has 180 valence electrons. The first kappa shape index (κ1) is 23.3. The maximum absolute atomic E-state index is 15.0. The molecular formula is C26H24ClFN4O3. The van der Waals surface area contributed by atoms with E-state index in [2.05, 4.69) is 14.9 Å². The number of anilines is 1. The van der Waals surface area contributed by atoms with Gasteiger partial charge in [-0.15, -0.1) is 0 Å². The maximum Gasteiger partial charge on any atom is 0.261 e. The van der Waals surface area contributed by atoms with Crippen molar-refractivity contribution < 1.29 is 13.9 Å². The molecule has 0 saturated carbocycles. The Labute approximate surface area is 206 Å². The van der Waals surface area contributed by atoms with Crippen LogP contribution in [-0.2, 0) is 11.8 Å². The van der Waals surface area contributed by atoms with Gasteiger partial charge in [-0.3, -0.25) is 9.36 Å². The highest BCUT2D eigenvalue weighted by Gasteiger charge is 2.25. The van der Waals surface area contributed by atoms with Crippen LogP contribution in [0.15, 0.2) is 53.5 Å². The minimum atomic E-state index is -0.498. The van der Waals surface area contributed by atoms with Gasteiger partial charge in [0.15, 0.2) is 0 Å². The van der Waals surface area contributed by atoms with Crippen molar-refractivity contribution in [2.24, 2.45) is 7.05 Å². The Kier molecular flexibility index (Phi) is 6.17. The number of fused-ring (bicyclic) bond motifs is 1. The largest absolute Gasteiger partial charge is 0.481 e. The lowest BCUT2D eigenvalue weighted by Crippen LogP contribution is -2.38. The molecule has 0 spiro atoms. The van der Waals surface area contributed by atoms with Gasteiger partial charge < -0.3 is 14.4 Å². The molecule has 5 rings (SSSR count). The summed E-state index contributed by atoms with van der Waals surface area (Å²) in [5, 5.41) is 0.657. The summed E-state index contributed by atoms with van der Waals surface area (Å²) in [7, 11) is 3.24. The average molecular weight is 495 g/mol. The van der Waals surface area contributed by atoms with E-state index in [0.717, 1.165) is 11.3 Å². The number of aryl methyl sites for hydroxylation is 1. The minimum Gasteiger partial charge on any atom is -0.481 e. The van der Waals surface area contributed by atoms with Crippen LogP contribution in [0, 0.1) is 12.7 Å². The Morgan fingerprint density at radius 1 is 1.17 bits per heavy atom. The Morgan fingerprint density at radius 3 is 2.77 bits per heavy atom. The van der Waals surface area contributed by atoms with Gasteiger partial charge in [0.2, 0.25) is 5.88 Å². The summed E-state index contributed by atoms with van der Waals surface area (Å²) < 4.78 is 27.8. The fourth-order valence-corrected chi connectivity index (χ4v) is 4.57. The normalized spacial score (nSPS) is 16.0. The first-order chi connectivity index (χ1) is 16.9. The zero-order chi connectivity index (χ0) is 24.7. The fourth-order valence-electron chi connectivity index (χ4n) is 4.41.